The first-order valence-electron chi connectivity index (χ1n) is 7.58. The van der Waals surface area contributed by atoms with Crippen LogP contribution in [0.2, 0.25) is 0 Å². The number of hydrogen-bond acceptors (Lipinski definition) is 5. The molecule has 23 heavy (non-hydrogen) atoms. The summed E-state index contributed by atoms with van der Waals surface area (Å²) in [5, 5.41) is 1.96. The van der Waals surface area contributed by atoms with E-state index in [0.717, 1.165) is 4.88 Å². The molecule has 2 saturated heterocycles. The number of thiophene rings is 1. The summed E-state index contributed by atoms with van der Waals surface area (Å²) in [6.45, 7) is 1.04. The van der Waals surface area contributed by atoms with Crippen LogP contribution in [0.1, 0.15) is 17.7 Å². The van der Waals surface area contributed by atoms with Crippen LogP contribution in [0.4, 0.5) is 0 Å². The molecule has 6 nitrogen and oxygen atoms in total. The lowest BCUT2D eigenvalue weighted by molar-refractivity contribution is -0.162. The Morgan fingerprint density at radius 3 is 2.52 bits per heavy atom. The number of ether oxygens (including phenoxy) is 1. The van der Waals surface area contributed by atoms with Crippen molar-refractivity contribution in [2.75, 3.05) is 26.3 Å². The van der Waals surface area contributed by atoms with Crippen molar-refractivity contribution in [1.29, 1.82) is 0 Å². The van der Waals surface area contributed by atoms with Crippen molar-refractivity contribution in [2.24, 2.45) is 0 Å². The molecule has 0 aliphatic carbocycles. The molecule has 1 aromatic rings. The van der Waals surface area contributed by atoms with E-state index < -0.39 is 0 Å². The molecule has 0 radical (unpaired) electrons. The van der Waals surface area contributed by atoms with E-state index in [0.29, 0.717) is 25.9 Å². The van der Waals surface area contributed by atoms with Gasteiger partial charge in [0.2, 0.25) is 5.91 Å². The monoisotopic (exact) mass is 334 g/mol. The van der Waals surface area contributed by atoms with E-state index in [4.69, 9.17) is 4.74 Å². The lowest BCUT2D eigenvalue weighted by Gasteiger charge is -2.38. The largest absolute Gasteiger partial charge is 0.362 e. The van der Waals surface area contributed by atoms with Gasteiger partial charge in [0, 0.05) is 30.1 Å². The molecule has 3 rings (SSSR count). The molecular weight excluding hydrogens is 316 g/mol. The van der Waals surface area contributed by atoms with E-state index in [1.807, 2.05) is 23.6 Å². The molecule has 0 saturated carbocycles. The lowest BCUT2D eigenvalue weighted by Crippen LogP contribution is -2.55. The third-order valence-electron chi connectivity index (χ3n) is 4.06. The van der Waals surface area contributed by atoms with Crippen molar-refractivity contribution in [1.82, 2.24) is 9.80 Å². The van der Waals surface area contributed by atoms with Crippen LogP contribution >= 0.6 is 11.3 Å². The number of morpholine rings is 1. The van der Waals surface area contributed by atoms with Crippen LogP contribution in [0.3, 0.4) is 0 Å². The summed E-state index contributed by atoms with van der Waals surface area (Å²) in [5.41, 5.74) is 0. The van der Waals surface area contributed by atoms with E-state index in [2.05, 4.69) is 0 Å². The summed E-state index contributed by atoms with van der Waals surface area (Å²) in [6.07, 6.45) is 4.64. The third kappa shape index (κ3) is 3.68. The van der Waals surface area contributed by atoms with Gasteiger partial charge in [-0.1, -0.05) is 6.07 Å². The zero-order valence-corrected chi connectivity index (χ0v) is 13.5. The molecule has 3 amide bonds. The van der Waals surface area contributed by atoms with Crippen LogP contribution in [0, 0.1) is 0 Å². The molecule has 122 valence electrons. The zero-order valence-electron chi connectivity index (χ0n) is 12.6. The van der Waals surface area contributed by atoms with Gasteiger partial charge in [0.05, 0.1) is 0 Å². The number of carbonyl (C=O) groups excluding carboxylic acids is 3. The van der Waals surface area contributed by atoms with E-state index in [-0.39, 0.29) is 37.0 Å². The molecule has 0 bridgehead atoms. The molecule has 2 fully saturated rings. The van der Waals surface area contributed by atoms with Crippen molar-refractivity contribution in [2.45, 2.75) is 18.9 Å². The second kappa shape index (κ2) is 7.06. The van der Waals surface area contributed by atoms with Crippen molar-refractivity contribution >= 4 is 35.1 Å². The highest BCUT2D eigenvalue weighted by Gasteiger charge is 2.35. The van der Waals surface area contributed by atoms with E-state index in [1.54, 1.807) is 22.3 Å². The second-order valence-electron chi connectivity index (χ2n) is 5.56. The molecular formula is C16H18N2O4S. The molecule has 0 N–H and O–H groups in total. The van der Waals surface area contributed by atoms with Crippen LogP contribution in [-0.4, -0.2) is 59.9 Å². The number of rotatable bonds is 3. The number of imide groups is 1. The molecule has 2 aliphatic heterocycles. The zero-order chi connectivity index (χ0) is 16.2. The van der Waals surface area contributed by atoms with E-state index in [1.165, 1.54) is 4.90 Å². The first-order chi connectivity index (χ1) is 11.1. The lowest BCUT2D eigenvalue weighted by atomic mass is 10.0. The van der Waals surface area contributed by atoms with Gasteiger partial charge < -0.3 is 9.64 Å². The fourth-order valence-electron chi connectivity index (χ4n) is 2.90. The minimum atomic E-state index is -0.274. The standard InChI is InChI=1S/C16H18N2O4S/c19-14(4-3-13-2-1-9-23-13)17-7-5-12(6-8-17)18-15(20)10-22-11-16(18)21/h1-4,9,12H,5-8,10-11H2/b4-3+. The molecule has 0 atom stereocenters. The maximum Gasteiger partial charge on any atom is 0.255 e. The molecule has 3 heterocycles. The molecule has 0 unspecified atom stereocenters. The Labute approximate surface area is 138 Å². The van der Waals surface area contributed by atoms with Crippen LogP contribution < -0.4 is 0 Å². The number of nitrogens with zero attached hydrogens (tertiary/aromatic N) is 2. The third-order valence-corrected chi connectivity index (χ3v) is 4.90. The average Bonchev–Trinajstić information content (AvgIpc) is 3.06. The van der Waals surface area contributed by atoms with Gasteiger partial charge in [-0.25, -0.2) is 0 Å². The minimum absolute atomic E-state index is 0.0310. The van der Waals surface area contributed by atoms with Gasteiger partial charge in [-0.15, -0.1) is 11.3 Å². The Hall–Kier alpha value is -1.99. The average molecular weight is 334 g/mol. The molecule has 0 aromatic carbocycles. The number of hydrogen-bond donors (Lipinski definition) is 0. The fraction of sp³-hybridized carbons (Fsp3) is 0.438. The number of piperidine rings is 1. The van der Waals surface area contributed by atoms with Crippen molar-refractivity contribution < 1.29 is 19.1 Å². The Kier molecular flexibility index (Phi) is 4.88. The highest BCUT2D eigenvalue weighted by atomic mass is 32.1. The Morgan fingerprint density at radius 1 is 1.22 bits per heavy atom. The highest BCUT2D eigenvalue weighted by Crippen LogP contribution is 2.19. The van der Waals surface area contributed by atoms with Crippen molar-refractivity contribution in [3.05, 3.63) is 28.5 Å². The highest BCUT2D eigenvalue weighted by molar-refractivity contribution is 7.10. The number of carbonyl (C=O) groups is 3. The normalized spacial score (nSPS) is 20.5. The molecule has 1 aromatic heterocycles. The summed E-state index contributed by atoms with van der Waals surface area (Å²) in [5.74, 6) is -0.580. The van der Waals surface area contributed by atoms with Gasteiger partial charge >= 0.3 is 0 Å². The summed E-state index contributed by atoms with van der Waals surface area (Å²) in [7, 11) is 0. The maximum atomic E-state index is 12.2. The number of likely N-dealkylation sites (tertiary alicyclic amines) is 1. The van der Waals surface area contributed by atoms with Gasteiger partial charge in [0.1, 0.15) is 13.2 Å². The van der Waals surface area contributed by atoms with Crippen LogP contribution in [-0.2, 0) is 19.1 Å². The van der Waals surface area contributed by atoms with Crippen molar-refractivity contribution in [3.63, 3.8) is 0 Å². The van der Waals surface area contributed by atoms with Gasteiger partial charge in [-0.2, -0.15) is 0 Å². The molecule has 7 heteroatoms. The SMILES string of the molecule is O=C(/C=C/c1cccs1)N1CCC(N2C(=O)COCC2=O)CC1. The summed E-state index contributed by atoms with van der Waals surface area (Å²) >= 11 is 1.58. The smallest absolute Gasteiger partial charge is 0.255 e. The minimum Gasteiger partial charge on any atom is -0.362 e. The van der Waals surface area contributed by atoms with Gasteiger partial charge in [-0.05, 0) is 30.4 Å². The predicted molar refractivity (Wildman–Crippen MR) is 85.6 cm³/mol. The summed E-state index contributed by atoms with van der Waals surface area (Å²) in [6, 6.07) is 3.77. The topological polar surface area (TPSA) is 66.9 Å². The quantitative estimate of drug-likeness (QED) is 0.614. The first-order valence-corrected chi connectivity index (χ1v) is 8.46. The summed E-state index contributed by atoms with van der Waals surface area (Å²) in [4.78, 5) is 40.0. The van der Waals surface area contributed by atoms with Crippen LogP contribution in [0.15, 0.2) is 23.6 Å². The first kappa shape index (κ1) is 15.9. The fourth-order valence-corrected chi connectivity index (χ4v) is 3.52. The van der Waals surface area contributed by atoms with Crippen LogP contribution in [0.5, 0.6) is 0 Å². The van der Waals surface area contributed by atoms with E-state index in [9.17, 15) is 14.4 Å². The van der Waals surface area contributed by atoms with Gasteiger partial charge in [0.25, 0.3) is 11.8 Å². The van der Waals surface area contributed by atoms with Gasteiger partial charge in [-0.3, -0.25) is 19.3 Å². The van der Waals surface area contributed by atoms with E-state index >= 15 is 0 Å². The maximum absolute atomic E-state index is 12.2. The number of amides is 3. The summed E-state index contributed by atoms with van der Waals surface area (Å²) < 4.78 is 4.93. The predicted octanol–water partition coefficient (Wildman–Crippen LogP) is 1.14. The Bertz CT molecular complexity index is 602. The second-order valence-corrected chi connectivity index (χ2v) is 6.53. The van der Waals surface area contributed by atoms with Crippen LogP contribution in [0.25, 0.3) is 6.08 Å². The molecule has 0 spiro atoms. The Balaban J connectivity index is 1.54. The molecule has 2 aliphatic rings. The van der Waals surface area contributed by atoms with Gasteiger partial charge in [0.15, 0.2) is 0 Å². The Morgan fingerprint density at radius 2 is 1.91 bits per heavy atom. The van der Waals surface area contributed by atoms with Crippen molar-refractivity contribution in [3.8, 4) is 0 Å².